The monoisotopic (exact) mass is 396 g/mol. The third-order valence-electron chi connectivity index (χ3n) is 2.50. The Hall–Kier alpha value is -1.38. The first kappa shape index (κ1) is 16.0. The third-order valence-corrected chi connectivity index (χ3v) is 4.95. The fourth-order valence-electron chi connectivity index (χ4n) is 1.53. The highest BCUT2D eigenvalue weighted by molar-refractivity contribution is 9.10. The third kappa shape index (κ3) is 3.45. The van der Waals surface area contributed by atoms with Gasteiger partial charge in [-0.2, -0.15) is 0 Å². The van der Waals surface area contributed by atoms with Crippen LogP contribution in [-0.2, 0) is 10.0 Å². The molecule has 9 heteroatoms. The van der Waals surface area contributed by atoms with Gasteiger partial charge in [0, 0.05) is 11.8 Å². The number of nitrogen functional groups attached to an aromatic ring is 1. The number of rotatable bonds is 3. The Morgan fingerprint density at radius 2 is 1.81 bits per heavy atom. The largest absolute Gasteiger partial charge is 0.399 e. The van der Waals surface area contributed by atoms with Crippen LogP contribution in [0.3, 0.4) is 0 Å². The molecule has 2 aromatic carbocycles. The summed E-state index contributed by atoms with van der Waals surface area (Å²) in [6, 6.07) is 5.37. The lowest BCUT2D eigenvalue weighted by molar-refractivity contribution is 0.592. The number of hydrogen-bond donors (Lipinski definition) is 2. The average molecular weight is 398 g/mol. The predicted molar refractivity (Wildman–Crippen MR) is 80.7 cm³/mol. The summed E-state index contributed by atoms with van der Waals surface area (Å²) in [5.74, 6) is -1.75. The van der Waals surface area contributed by atoms with Crippen LogP contribution < -0.4 is 10.5 Å². The van der Waals surface area contributed by atoms with Crippen molar-refractivity contribution in [2.75, 3.05) is 10.5 Å². The van der Waals surface area contributed by atoms with Crippen LogP contribution in [0.1, 0.15) is 0 Å². The lowest BCUT2D eigenvalue weighted by Gasteiger charge is -2.11. The van der Waals surface area contributed by atoms with Crippen LogP contribution in [0, 0.1) is 11.6 Å². The van der Waals surface area contributed by atoms with Crippen molar-refractivity contribution in [2.45, 2.75) is 4.90 Å². The van der Waals surface area contributed by atoms with Gasteiger partial charge in [-0.25, -0.2) is 17.2 Å². The van der Waals surface area contributed by atoms with Crippen LogP contribution in [0.2, 0.25) is 5.02 Å². The molecule has 4 nitrogen and oxygen atoms in total. The molecule has 0 unspecified atom stereocenters. The Kier molecular flexibility index (Phi) is 4.40. The molecule has 0 radical (unpaired) electrons. The Labute approximate surface area is 133 Å². The number of nitrogens with two attached hydrogens (primary N) is 1. The van der Waals surface area contributed by atoms with Crippen molar-refractivity contribution in [3.05, 3.63) is 51.5 Å². The molecule has 21 heavy (non-hydrogen) atoms. The number of hydrogen-bond acceptors (Lipinski definition) is 3. The van der Waals surface area contributed by atoms with Crippen molar-refractivity contribution in [1.29, 1.82) is 0 Å². The molecule has 0 aromatic heterocycles. The van der Waals surface area contributed by atoms with E-state index in [2.05, 4.69) is 15.9 Å². The molecule has 0 aliphatic carbocycles. The van der Waals surface area contributed by atoms with Crippen molar-refractivity contribution in [3.8, 4) is 0 Å². The van der Waals surface area contributed by atoms with Gasteiger partial charge in [-0.1, -0.05) is 11.6 Å². The number of anilines is 2. The second-order valence-corrected chi connectivity index (χ2v) is 6.95. The molecule has 0 saturated heterocycles. The minimum absolute atomic E-state index is 0.0882. The van der Waals surface area contributed by atoms with E-state index in [4.69, 9.17) is 17.3 Å². The van der Waals surface area contributed by atoms with E-state index in [1.807, 2.05) is 4.72 Å². The van der Waals surface area contributed by atoms with Crippen LogP contribution in [0.15, 0.2) is 39.7 Å². The van der Waals surface area contributed by atoms with Crippen molar-refractivity contribution >= 4 is 48.9 Å². The summed E-state index contributed by atoms with van der Waals surface area (Å²) in [6.07, 6.45) is 0. The topological polar surface area (TPSA) is 72.2 Å². The zero-order chi connectivity index (χ0) is 15.8. The molecule has 0 aliphatic heterocycles. The highest BCUT2D eigenvalue weighted by Crippen LogP contribution is 2.28. The molecule has 0 fully saturated rings. The Bertz CT molecular complexity index is 815. The molecule has 2 rings (SSSR count). The van der Waals surface area contributed by atoms with E-state index in [0.29, 0.717) is 0 Å². The first-order valence-electron chi connectivity index (χ1n) is 5.43. The molecular weight excluding hydrogens is 390 g/mol. The first-order valence-corrected chi connectivity index (χ1v) is 8.08. The van der Waals surface area contributed by atoms with Crippen LogP contribution in [-0.4, -0.2) is 8.42 Å². The second kappa shape index (κ2) is 5.78. The Morgan fingerprint density at radius 1 is 1.14 bits per heavy atom. The van der Waals surface area contributed by atoms with Crippen LogP contribution >= 0.6 is 27.5 Å². The van der Waals surface area contributed by atoms with Crippen molar-refractivity contribution in [2.24, 2.45) is 0 Å². The minimum Gasteiger partial charge on any atom is -0.399 e. The molecule has 0 bridgehead atoms. The summed E-state index contributed by atoms with van der Waals surface area (Å²) in [5, 5.41) is -0.0882. The summed E-state index contributed by atoms with van der Waals surface area (Å²) in [5.41, 5.74) is 5.14. The van der Waals surface area contributed by atoms with E-state index in [1.165, 1.54) is 12.1 Å². The van der Waals surface area contributed by atoms with Gasteiger partial charge in [0.15, 0.2) is 0 Å². The zero-order valence-corrected chi connectivity index (χ0v) is 13.4. The number of halogens is 4. The molecule has 0 saturated carbocycles. The standard InChI is InChI=1S/C12H8BrClF2N2O2S/c13-7-4-10(16)11(5-9(7)15)18-21(19,20)12-3-6(17)1-2-8(12)14/h1-5,18H,17H2. The average Bonchev–Trinajstić information content (AvgIpc) is 2.38. The summed E-state index contributed by atoms with van der Waals surface area (Å²) in [4.78, 5) is -0.327. The molecule has 0 atom stereocenters. The summed E-state index contributed by atoms with van der Waals surface area (Å²) < 4.78 is 53.2. The van der Waals surface area contributed by atoms with Crippen molar-refractivity contribution in [1.82, 2.24) is 0 Å². The summed E-state index contributed by atoms with van der Waals surface area (Å²) in [6.45, 7) is 0. The van der Waals surface area contributed by atoms with Crippen LogP contribution in [0.25, 0.3) is 0 Å². The van der Waals surface area contributed by atoms with Gasteiger partial charge in [0.25, 0.3) is 10.0 Å². The second-order valence-electron chi connectivity index (χ2n) is 4.04. The van der Waals surface area contributed by atoms with Gasteiger partial charge in [-0.15, -0.1) is 0 Å². The molecule has 0 amide bonds. The maximum absolute atomic E-state index is 13.7. The number of sulfonamides is 1. The molecule has 0 spiro atoms. The van der Waals surface area contributed by atoms with E-state index in [1.54, 1.807) is 0 Å². The van der Waals surface area contributed by atoms with E-state index in [9.17, 15) is 17.2 Å². The smallest absolute Gasteiger partial charge is 0.263 e. The van der Waals surface area contributed by atoms with Gasteiger partial charge >= 0.3 is 0 Å². The summed E-state index contributed by atoms with van der Waals surface area (Å²) >= 11 is 8.59. The fourth-order valence-corrected chi connectivity index (χ4v) is 3.44. The fraction of sp³-hybridized carbons (Fsp3) is 0. The lowest BCUT2D eigenvalue weighted by atomic mass is 10.3. The first-order chi connectivity index (χ1) is 9.70. The van der Waals surface area contributed by atoms with Gasteiger partial charge in [-0.05, 0) is 40.2 Å². The van der Waals surface area contributed by atoms with Gasteiger partial charge in [0.1, 0.15) is 16.5 Å². The highest BCUT2D eigenvalue weighted by atomic mass is 79.9. The Morgan fingerprint density at radius 3 is 2.48 bits per heavy atom. The summed E-state index contributed by atoms with van der Waals surface area (Å²) in [7, 11) is -4.20. The molecule has 3 N–H and O–H groups in total. The van der Waals surface area contributed by atoms with Crippen molar-refractivity contribution in [3.63, 3.8) is 0 Å². The van der Waals surface area contributed by atoms with Crippen molar-refractivity contribution < 1.29 is 17.2 Å². The normalized spacial score (nSPS) is 11.4. The number of benzene rings is 2. The highest BCUT2D eigenvalue weighted by Gasteiger charge is 2.21. The molecular formula is C12H8BrClF2N2O2S. The van der Waals surface area contributed by atoms with Gasteiger partial charge in [0.2, 0.25) is 0 Å². The molecule has 0 aliphatic rings. The van der Waals surface area contributed by atoms with Gasteiger partial charge in [0.05, 0.1) is 15.2 Å². The number of nitrogens with one attached hydrogen (secondary N) is 1. The van der Waals surface area contributed by atoms with Gasteiger partial charge < -0.3 is 5.73 Å². The maximum Gasteiger partial charge on any atom is 0.263 e. The SMILES string of the molecule is Nc1ccc(Cl)c(S(=O)(=O)Nc2cc(F)c(Br)cc2F)c1. The molecule has 112 valence electrons. The predicted octanol–water partition coefficient (Wildman–Crippen LogP) is 3.76. The zero-order valence-electron chi connectivity index (χ0n) is 10.2. The van der Waals surface area contributed by atoms with E-state index < -0.39 is 27.3 Å². The van der Waals surface area contributed by atoms with Crippen LogP contribution in [0.5, 0.6) is 0 Å². The lowest BCUT2D eigenvalue weighted by Crippen LogP contribution is -2.15. The molecule has 0 heterocycles. The molecule has 2 aromatic rings. The van der Waals surface area contributed by atoms with Gasteiger partial charge in [-0.3, -0.25) is 4.72 Å². The quantitative estimate of drug-likeness (QED) is 0.612. The Balaban J connectivity index is 2.47. The van der Waals surface area contributed by atoms with E-state index in [-0.39, 0.29) is 20.1 Å². The van der Waals surface area contributed by atoms with E-state index in [0.717, 1.165) is 18.2 Å². The minimum atomic E-state index is -4.20. The van der Waals surface area contributed by atoms with E-state index >= 15 is 0 Å². The maximum atomic E-state index is 13.7. The van der Waals surface area contributed by atoms with Crippen LogP contribution in [0.4, 0.5) is 20.2 Å².